The molecule has 236 valence electrons. The number of nitrogens with zero attached hydrogens (tertiary/aromatic N) is 1. The summed E-state index contributed by atoms with van der Waals surface area (Å²) in [5.41, 5.74) is 1.80. The standard InChI is InChI=1S/C36H43F3N2O3/c1-3-25-44-33(42)26-35(2,28-11-5-4-6-12-28)21-9-10-22-41-23-19-30(20-24-41)40-34(43)32-14-8-7-13-31(32)27-15-17-29(18-16-27)36(37,38)39/h4-8,11-18,30H,3,9-10,19-26H2,1-2H3,(H,40,43). The molecular formula is C36H43F3N2O3. The Morgan fingerprint density at radius 3 is 2.20 bits per heavy atom. The summed E-state index contributed by atoms with van der Waals surface area (Å²) in [5.74, 6) is -0.360. The van der Waals surface area contributed by atoms with Crippen LogP contribution in [-0.2, 0) is 21.1 Å². The van der Waals surface area contributed by atoms with Crippen LogP contribution in [0.25, 0.3) is 11.1 Å². The molecule has 1 aliphatic rings. The fourth-order valence-corrected chi connectivity index (χ4v) is 5.95. The lowest BCUT2D eigenvalue weighted by Gasteiger charge is -2.33. The van der Waals surface area contributed by atoms with E-state index in [2.05, 4.69) is 29.3 Å². The first-order valence-corrected chi connectivity index (χ1v) is 15.6. The second-order valence-electron chi connectivity index (χ2n) is 12.0. The zero-order valence-electron chi connectivity index (χ0n) is 25.7. The number of nitrogens with one attached hydrogen (secondary N) is 1. The number of benzene rings is 3. The fraction of sp³-hybridized carbons (Fsp3) is 0.444. The minimum Gasteiger partial charge on any atom is -0.466 e. The summed E-state index contributed by atoms with van der Waals surface area (Å²) in [6, 6.07) is 22.2. The number of esters is 1. The van der Waals surface area contributed by atoms with Gasteiger partial charge in [-0.25, -0.2) is 0 Å². The van der Waals surface area contributed by atoms with Crippen molar-refractivity contribution >= 4 is 11.9 Å². The van der Waals surface area contributed by atoms with Crippen LogP contribution in [0.2, 0.25) is 0 Å². The summed E-state index contributed by atoms with van der Waals surface area (Å²) in [5, 5.41) is 3.15. The van der Waals surface area contributed by atoms with E-state index in [1.54, 1.807) is 24.3 Å². The molecule has 1 saturated heterocycles. The van der Waals surface area contributed by atoms with Gasteiger partial charge in [-0.3, -0.25) is 9.59 Å². The number of ether oxygens (including phenoxy) is 1. The molecule has 4 rings (SSSR count). The zero-order valence-corrected chi connectivity index (χ0v) is 25.7. The second kappa shape index (κ2) is 15.4. The van der Waals surface area contributed by atoms with Gasteiger partial charge < -0.3 is 15.0 Å². The topological polar surface area (TPSA) is 58.6 Å². The average Bonchev–Trinajstić information content (AvgIpc) is 3.03. The molecule has 0 saturated carbocycles. The highest BCUT2D eigenvalue weighted by atomic mass is 19.4. The van der Waals surface area contributed by atoms with Crippen LogP contribution in [0.5, 0.6) is 0 Å². The van der Waals surface area contributed by atoms with Crippen molar-refractivity contribution in [2.24, 2.45) is 0 Å². The number of halogens is 3. The molecule has 1 fully saturated rings. The number of unbranched alkanes of at least 4 members (excludes halogenated alkanes) is 1. The maximum absolute atomic E-state index is 13.2. The number of piperidine rings is 1. The van der Waals surface area contributed by atoms with Crippen LogP contribution in [-0.4, -0.2) is 49.1 Å². The Balaban J connectivity index is 1.25. The van der Waals surface area contributed by atoms with E-state index >= 15 is 0 Å². The van der Waals surface area contributed by atoms with E-state index in [1.807, 2.05) is 25.1 Å². The van der Waals surface area contributed by atoms with Gasteiger partial charge in [0.2, 0.25) is 0 Å². The Morgan fingerprint density at radius 2 is 1.55 bits per heavy atom. The summed E-state index contributed by atoms with van der Waals surface area (Å²) in [6.45, 7) is 7.32. The third kappa shape index (κ3) is 9.18. The molecule has 3 aromatic rings. The Morgan fingerprint density at radius 1 is 0.886 bits per heavy atom. The Kier molecular flexibility index (Phi) is 11.6. The van der Waals surface area contributed by atoms with Crippen LogP contribution in [0.15, 0.2) is 78.9 Å². The second-order valence-corrected chi connectivity index (χ2v) is 12.0. The van der Waals surface area contributed by atoms with Gasteiger partial charge >= 0.3 is 12.1 Å². The molecule has 44 heavy (non-hydrogen) atoms. The normalized spacial score (nSPS) is 15.8. The molecule has 1 amide bonds. The lowest BCUT2D eigenvalue weighted by atomic mass is 9.75. The molecule has 5 nitrogen and oxygen atoms in total. The van der Waals surface area contributed by atoms with Gasteiger partial charge in [-0.2, -0.15) is 13.2 Å². The molecule has 0 aromatic heterocycles. The Bertz CT molecular complexity index is 1350. The van der Waals surface area contributed by atoms with E-state index in [4.69, 9.17) is 4.74 Å². The highest BCUT2D eigenvalue weighted by Crippen LogP contribution is 2.34. The Hall–Kier alpha value is -3.65. The van der Waals surface area contributed by atoms with Gasteiger partial charge in [-0.1, -0.05) is 80.9 Å². The number of hydrogen-bond donors (Lipinski definition) is 1. The molecule has 0 bridgehead atoms. The van der Waals surface area contributed by atoms with Crippen molar-refractivity contribution < 1.29 is 27.5 Å². The van der Waals surface area contributed by atoms with Crippen LogP contribution < -0.4 is 5.32 Å². The molecule has 1 atom stereocenters. The molecule has 1 unspecified atom stereocenters. The first-order valence-electron chi connectivity index (χ1n) is 15.6. The molecule has 1 N–H and O–H groups in total. The number of likely N-dealkylation sites (tertiary alicyclic amines) is 1. The van der Waals surface area contributed by atoms with E-state index < -0.39 is 11.7 Å². The first kappa shape index (κ1) is 33.2. The van der Waals surface area contributed by atoms with E-state index in [9.17, 15) is 22.8 Å². The van der Waals surface area contributed by atoms with Crippen molar-refractivity contribution in [2.75, 3.05) is 26.2 Å². The van der Waals surface area contributed by atoms with Crippen molar-refractivity contribution in [3.63, 3.8) is 0 Å². The van der Waals surface area contributed by atoms with Crippen molar-refractivity contribution in [3.8, 4) is 11.1 Å². The molecule has 1 aliphatic heterocycles. The van der Waals surface area contributed by atoms with Crippen LogP contribution in [0.3, 0.4) is 0 Å². The highest BCUT2D eigenvalue weighted by molar-refractivity contribution is 6.01. The summed E-state index contributed by atoms with van der Waals surface area (Å²) >= 11 is 0. The molecule has 8 heteroatoms. The Labute approximate surface area is 258 Å². The number of carbonyl (C=O) groups excluding carboxylic acids is 2. The van der Waals surface area contributed by atoms with E-state index in [0.29, 0.717) is 29.7 Å². The van der Waals surface area contributed by atoms with Crippen LogP contribution in [0.4, 0.5) is 13.2 Å². The monoisotopic (exact) mass is 608 g/mol. The summed E-state index contributed by atoms with van der Waals surface area (Å²) in [7, 11) is 0. The minimum atomic E-state index is -4.41. The average molecular weight is 609 g/mol. The zero-order chi connectivity index (χ0) is 31.6. The van der Waals surface area contributed by atoms with Crippen LogP contribution >= 0.6 is 0 Å². The molecule has 3 aromatic carbocycles. The predicted octanol–water partition coefficient (Wildman–Crippen LogP) is 8.04. The lowest BCUT2D eigenvalue weighted by Crippen LogP contribution is -2.45. The smallest absolute Gasteiger partial charge is 0.416 e. The lowest BCUT2D eigenvalue weighted by molar-refractivity contribution is -0.145. The summed E-state index contributed by atoms with van der Waals surface area (Å²) in [4.78, 5) is 28.2. The number of alkyl halides is 3. The summed E-state index contributed by atoms with van der Waals surface area (Å²) in [6.07, 6.45) is 1.33. The molecule has 0 aliphatic carbocycles. The van der Waals surface area contributed by atoms with Crippen molar-refractivity contribution in [1.29, 1.82) is 0 Å². The van der Waals surface area contributed by atoms with Crippen molar-refractivity contribution in [2.45, 2.75) is 76.4 Å². The van der Waals surface area contributed by atoms with Gasteiger partial charge in [0.25, 0.3) is 5.91 Å². The molecule has 0 radical (unpaired) electrons. The largest absolute Gasteiger partial charge is 0.466 e. The van der Waals surface area contributed by atoms with E-state index in [-0.39, 0.29) is 23.3 Å². The number of amides is 1. The highest BCUT2D eigenvalue weighted by Gasteiger charge is 2.31. The molecular weight excluding hydrogens is 565 g/mol. The van der Waals surface area contributed by atoms with Gasteiger partial charge in [-0.05, 0) is 73.5 Å². The first-order chi connectivity index (χ1) is 21.1. The van der Waals surface area contributed by atoms with Gasteiger partial charge in [0.05, 0.1) is 18.6 Å². The van der Waals surface area contributed by atoms with Gasteiger partial charge in [0.1, 0.15) is 0 Å². The van der Waals surface area contributed by atoms with Gasteiger partial charge in [-0.15, -0.1) is 0 Å². The van der Waals surface area contributed by atoms with Crippen LogP contribution in [0.1, 0.15) is 80.3 Å². The van der Waals surface area contributed by atoms with Crippen LogP contribution in [0, 0.1) is 0 Å². The third-order valence-corrected chi connectivity index (χ3v) is 8.54. The number of carbonyl (C=O) groups is 2. The van der Waals surface area contributed by atoms with Gasteiger partial charge in [0, 0.05) is 30.1 Å². The number of rotatable bonds is 13. The van der Waals surface area contributed by atoms with E-state index in [1.165, 1.54) is 12.1 Å². The van der Waals surface area contributed by atoms with E-state index in [0.717, 1.165) is 75.9 Å². The quantitative estimate of drug-likeness (QED) is 0.158. The third-order valence-electron chi connectivity index (χ3n) is 8.54. The maximum Gasteiger partial charge on any atom is 0.416 e. The van der Waals surface area contributed by atoms with Crippen molar-refractivity contribution in [3.05, 3.63) is 95.6 Å². The van der Waals surface area contributed by atoms with Gasteiger partial charge in [0.15, 0.2) is 0 Å². The van der Waals surface area contributed by atoms with Crippen molar-refractivity contribution in [1.82, 2.24) is 10.2 Å². The number of hydrogen-bond acceptors (Lipinski definition) is 4. The SMILES string of the molecule is CCCOC(=O)CC(C)(CCCCN1CCC(NC(=O)c2ccccc2-c2ccc(C(F)(F)F)cc2)CC1)c1ccccc1. The predicted molar refractivity (Wildman–Crippen MR) is 167 cm³/mol. The minimum absolute atomic E-state index is 0.0370. The maximum atomic E-state index is 13.2. The summed E-state index contributed by atoms with van der Waals surface area (Å²) < 4.78 is 44.4. The fourth-order valence-electron chi connectivity index (χ4n) is 5.95. The molecule has 0 spiro atoms. The molecule has 1 heterocycles.